The number of fused-ring (bicyclic) bond motifs is 1. The zero-order valence-corrected chi connectivity index (χ0v) is 12.2. The van der Waals surface area contributed by atoms with Crippen LogP contribution in [0.25, 0.3) is 10.8 Å². The molecule has 0 unspecified atom stereocenters. The number of benzene rings is 2. The van der Waals surface area contributed by atoms with Gasteiger partial charge in [-0.3, -0.25) is 0 Å². The third-order valence-corrected chi connectivity index (χ3v) is 3.85. The largest absolute Gasteiger partial charge is 0.497 e. The maximum atomic E-state index is 5.26. The van der Waals surface area contributed by atoms with Crippen molar-refractivity contribution in [2.45, 2.75) is 25.7 Å². The van der Waals surface area contributed by atoms with Crippen LogP contribution in [0.2, 0.25) is 0 Å². The summed E-state index contributed by atoms with van der Waals surface area (Å²) in [6.45, 7) is 2.18. The third-order valence-electron chi connectivity index (χ3n) is 3.85. The second kappa shape index (κ2) is 5.91. The summed E-state index contributed by atoms with van der Waals surface area (Å²) in [5.41, 5.74) is 1.31. The maximum Gasteiger partial charge on any atom is 0.175 e. The van der Waals surface area contributed by atoms with Crippen molar-refractivity contribution < 1.29 is 4.74 Å². The van der Waals surface area contributed by atoms with Gasteiger partial charge in [-0.1, -0.05) is 36.4 Å². The molecule has 0 spiro atoms. The molecule has 0 aliphatic rings. The number of aromatic amines is 1. The van der Waals surface area contributed by atoms with E-state index in [2.05, 4.69) is 57.9 Å². The van der Waals surface area contributed by atoms with Crippen molar-refractivity contribution in [3.8, 4) is 5.75 Å². The fraction of sp³-hybridized carbons (Fsp3) is 0.312. The van der Waals surface area contributed by atoms with Crippen LogP contribution in [-0.4, -0.2) is 27.7 Å². The van der Waals surface area contributed by atoms with Gasteiger partial charge in [0.1, 0.15) is 5.75 Å². The van der Waals surface area contributed by atoms with Crippen molar-refractivity contribution in [1.29, 1.82) is 0 Å². The number of tetrazole rings is 1. The number of H-pyrrole nitrogens is 1. The minimum Gasteiger partial charge on any atom is -0.497 e. The van der Waals surface area contributed by atoms with E-state index in [1.807, 2.05) is 6.07 Å². The van der Waals surface area contributed by atoms with Crippen LogP contribution in [0.1, 0.15) is 30.7 Å². The van der Waals surface area contributed by atoms with Gasteiger partial charge >= 0.3 is 0 Å². The van der Waals surface area contributed by atoms with E-state index < -0.39 is 0 Å². The first kappa shape index (κ1) is 13.5. The van der Waals surface area contributed by atoms with Gasteiger partial charge in [0.05, 0.1) is 7.11 Å². The standard InChI is InChI=1S/C16H18N4O/c1-3-11(10-16-17-19-20-18-16)12-4-5-14-9-15(21-2)7-6-13(14)8-12/h4-9,11H,3,10H2,1-2H3,(H,17,18,19,20)/t11-/m1/s1. The summed E-state index contributed by atoms with van der Waals surface area (Å²) >= 11 is 0. The molecule has 0 saturated heterocycles. The van der Waals surface area contributed by atoms with Gasteiger partial charge in [-0.15, -0.1) is 10.2 Å². The molecule has 5 heteroatoms. The van der Waals surface area contributed by atoms with Gasteiger partial charge in [-0.2, -0.15) is 5.21 Å². The average molecular weight is 282 g/mol. The molecule has 3 rings (SSSR count). The van der Waals surface area contributed by atoms with Crippen molar-refractivity contribution >= 4 is 10.8 Å². The van der Waals surface area contributed by atoms with Crippen LogP contribution in [0.15, 0.2) is 36.4 Å². The Morgan fingerprint density at radius 1 is 1.14 bits per heavy atom. The molecule has 0 bridgehead atoms. The molecule has 3 aromatic rings. The van der Waals surface area contributed by atoms with Gasteiger partial charge in [-0.05, 0) is 40.8 Å². The molecule has 0 saturated carbocycles. The van der Waals surface area contributed by atoms with E-state index in [-0.39, 0.29) is 0 Å². The lowest BCUT2D eigenvalue weighted by Crippen LogP contribution is -2.03. The van der Waals surface area contributed by atoms with Gasteiger partial charge in [0.15, 0.2) is 5.82 Å². The van der Waals surface area contributed by atoms with Crippen LogP contribution in [0.5, 0.6) is 5.75 Å². The summed E-state index contributed by atoms with van der Waals surface area (Å²) in [6, 6.07) is 12.7. The first-order chi connectivity index (χ1) is 10.3. The Morgan fingerprint density at radius 3 is 2.67 bits per heavy atom. The van der Waals surface area contributed by atoms with Crippen molar-refractivity contribution in [3.63, 3.8) is 0 Å². The topological polar surface area (TPSA) is 63.7 Å². The van der Waals surface area contributed by atoms with Crippen molar-refractivity contribution in [2.24, 2.45) is 0 Å². The zero-order valence-electron chi connectivity index (χ0n) is 12.2. The first-order valence-corrected chi connectivity index (χ1v) is 7.10. The highest BCUT2D eigenvalue weighted by atomic mass is 16.5. The number of aromatic nitrogens is 4. The highest BCUT2D eigenvalue weighted by Gasteiger charge is 2.13. The average Bonchev–Trinajstić information content (AvgIpc) is 3.04. The van der Waals surface area contributed by atoms with E-state index in [4.69, 9.17) is 4.74 Å². The number of nitrogens with one attached hydrogen (secondary N) is 1. The molecule has 0 fully saturated rings. The minimum absolute atomic E-state index is 0.397. The van der Waals surface area contributed by atoms with Crippen LogP contribution in [0.3, 0.4) is 0 Å². The van der Waals surface area contributed by atoms with Crippen molar-refractivity contribution in [2.75, 3.05) is 7.11 Å². The van der Waals surface area contributed by atoms with E-state index in [9.17, 15) is 0 Å². The second-order valence-electron chi connectivity index (χ2n) is 5.11. The van der Waals surface area contributed by atoms with E-state index in [1.165, 1.54) is 16.3 Å². The van der Waals surface area contributed by atoms with E-state index >= 15 is 0 Å². The van der Waals surface area contributed by atoms with Crippen molar-refractivity contribution in [3.05, 3.63) is 47.8 Å². The predicted molar refractivity (Wildman–Crippen MR) is 81.4 cm³/mol. The molecule has 0 radical (unpaired) electrons. The van der Waals surface area contributed by atoms with Crippen LogP contribution in [0.4, 0.5) is 0 Å². The second-order valence-corrected chi connectivity index (χ2v) is 5.11. The zero-order chi connectivity index (χ0) is 14.7. The Morgan fingerprint density at radius 2 is 1.95 bits per heavy atom. The summed E-state index contributed by atoms with van der Waals surface area (Å²) in [5, 5.41) is 16.6. The molecule has 0 aliphatic heterocycles. The number of ether oxygens (including phenoxy) is 1. The maximum absolute atomic E-state index is 5.26. The molecule has 108 valence electrons. The fourth-order valence-electron chi connectivity index (χ4n) is 2.61. The van der Waals surface area contributed by atoms with Gasteiger partial charge in [0, 0.05) is 6.42 Å². The molecule has 1 aromatic heterocycles. The van der Waals surface area contributed by atoms with E-state index in [0.717, 1.165) is 24.4 Å². The lowest BCUT2D eigenvalue weighted by Gasteiger charge is -2.14. The number of rotatable bonds is 5. The lowest BCUT2D eigenvalue weighted by molar-refractivity contribution is 0.415. The monoisotopic (exact) mass is 282 g/mol. The Kier molecular flexibility index (Phi) is 3.81. The minimum atomic E-state index is 0.397. The summed E-state index contributed by atoms with van der Waals surface area (Å²) in [7, 11) is 1.69. The molecule has 1 atom stereocenters. The number of hydrogen-bond acceptors (Lipinski definition) is 4. The molecular weight excluding hydrogens is 264 g/mol. The number of methoxy groups -OCH3 is 1. The molecule has 5 nitrogen and oxygen atoms in total. The summed E-state index contributed by atoms with van der Waals surface area (Å²) < 4.78 is 5.26. The van der Waals surface area contributed by atoms with Gasteiger partial charge < -0.3 is 4.74 Å². The quantitative estimate of drug-likeness (QED) is 0.781. The van der Waals surface area contributed by atoms with Crippen molar-refractivity contribution in [1.82, 2.24) is 20.6 Å². The molecule has 0 aliphatic carbocycles. The summed E-state index contributed by atoms with van der Waals surface area (Å²) in [6.07, 6.45) is 1.84. The highest BCUT2D eigenvalue weighted by molar-refractivity contribution is 5.84. The molecule has 1 N–H and O–H groups in total. The summed E-state index contributed by atoms with van der Waals surface area (Å²) in [5.74, 6) is 2.04. The third kappa shape index (κ3) is 2.86. The van der Waals surface area contributed by atoms with Crippen LogP contribution in [-0.2, 0) is 6.42 Å². The van der Waals surface area contributed by atoms with Gasteiger partial charge in [-0.25, -0.2) is 0 Å². The van der Waals surface area contributed by atoms with Crippen LogP contribution < -0.4 is 4.74 Å². The Labute approximate surface area is 123 Å². The SMILES string of the molecule is CC[C@H](Cc1nn[nH]n1)c1ccc2cc(OC)ccc2c1. The predicted octanol–water partition coefficient (Wildman–Crippen LogP) is 3.10. The van der Waals surface area contributed by atoms with E-state index in [1.54, 1.807) is 7.11 Å². The first-order valence-electron chi connectivity index (χ1n) is 7.10. The highest BCUT2D eigenvalue weighted by Crippen LogP contribution is 2.28. The number of nitrogens with zero attached hydrogens (tertiary/aromatic N) is 3. The normalized spacial score (nSPS) is 12.5. The Bertz CT molecular complexity index is 724. The molecule has 2 aromatic carbocycles. The molecule has 0 amide bonds. The Hall–Kier alpha value is -2.43. The molecular formula is C16H18N4O. The fourth-order valence-corrected chi connectivity index (χ4v) is 2.61. The number of hydrogen-bond donors (Lipinski definition) is 1. The smallest absolute Gasteiger partial charge is 0.175 e. The lowest BCUT2D eigenvalue weighted by atomic mass is 9.91. The van der Waals surface area contributed by atoms with Gasteiger partial charge in [0.2, 0.25) is 0 Å². The molecule has 21 heavy (non-hydrogen) atoms. The van der Waals surface area contributed by atoms with Gasteiger partial charge in [0.25, 0.3) is 0 Å². The summed E-state index contributed by atoms with van der Waals surface area (Å²) in [4.78, 5) is 0. The van der Waals surface area contributed by atoms with Crippen LogP contribution >= 0.6 is 0 Å². The molecule has 1 heterocycles. The van der Waals surface area contributed by atoms with Crippen LogP contribution in [0, 0.1) is 0 Å². The van der Waals surface area contributed by atoms with E-state index in [0.29, 0.717) is 5.92 Å². The Balaban J connectivity index is 1.91.